The molecule has 10 aromatic carbocycles. The summed E-state index contributed by atoms with van der Waals surface area (Å²) in [5.74, 6) is 5.48. The fourth-order valence-electron chi connectivity index (χ4n) is 18.2. The summed E-state index contributed by atoms with van der Waals surface area (Å²) < 4.78 is 11.8. The number of para-hydroxylation sites is 4. The Balaban J connectivity index is 0.000000134. The highest BCUT2D eigenvalue weighted by atomic mass is 35.5. The number of carbonyl (C=O) groups is 3. The molecular weight excluding hydrogens is 1750 g/mol. The van der Waals surface area contributed by atoms with Gasteiger partial charge in [-0.05, 0) is 205 Å². The molecule has 0 radical (unpaired) electrons. The first kappa shape index (κ1) is 90.0. The van der Waals surface area contributed by atoms with Crippen LogP contribution in [0.2, 0.25) is 20.1 Å². The van der Waals surface area contributed by atoms with Gasteiger partial charge < -0.3 is 65.0 Å². The van der Waals surface area contributed by atoms with Crippen LogP contribution in [-0.4, -0.2) is 120 Å². The van der Waals surface area contributed by atoms with E-state index in [1.54, 1.807) is 19.4 Å². The third-order valence-corrected chi connectivity index (χ3v) is 26.8. The lowest BCUT2D eigenvalue weighted by Gasteiger charge is -2.26. The first-order chi connectivity index (χ1) is 65.2. The van der Waals surface area contributed by atoms with Crippen LogP contribution in [0, 0.1) is 5.92 Å². The van der Waals surface area contributed by atoms with Gasteiger partial charge in [0.2, 0.25) is 17.7 Å². The molecule has 8 aromatic heterocycles. The molecular formula is C106H103Cl4N19O4. The van der Waals surface area contributed by atoms with Gasteiger partial charge in [-0.25, -0.2) is 0 Å². The van der Waals surface area contributed by atoms with Crippen LogP contribution in [0.15, 0.2) is 280 Å². The molecule has 1 unspecified atom stereocenters. The van der Waals surface area contributed by atoms with E-state index in [9.17, 15) is 14.4 Å². The zero-order valence-electron chi connectivity index (χ0n) is 73.7. The topological polar surface area (TPSA) is 289 Å². The average Bonchev–Trinajstić information content (AvgIpc) is 1.65. The predicted octanol–water partition coefficient (Wildman–Crippen LogP) is 19.6. The van der Waals surface area contributed by atoms with Crippen LogP contribution in [0.25, 0.3) is 54.4 Å². The van der Waals surface area contributed by atoms with Gasteiger partial charge in [0, 0.05) is 118 Å². The van der Waals surface area contributed by atoms with Gasteiger partial charge in [-0.2, -0.15) is 0 Å². The van der Waals surface area contributed by atoms with Gasteiger partial charge in [0.25, 0.3) is 0 Å². The van der Waals surface area contributed by atoms with E-state index in [2.05, 4.69) is 205 Å². The number of aromatic nitrogens is 14. The number of benzene rings is 10. The van der Waals surface area contributed by atoms with Crippen molar-refractivity contribution in [3.63, 3.8) is 0 Å². The number of carbonyl (C=O) groups excluding carboxylic acids is 3. The number of piperidine rings is 1. The van der Waals surface area contributed by atoms with Crippen LogP contribution in [0.1, 0.15) is 135 Å². The van der Waals surface area contributed by atoms with Gasteiger partial charge in [0.05, 0.1) is 77.4 Å². The Bertz CT molecular complexity index is 7030. The van der Waals surface area contributed by atoms with Crippen LogP contribution < -0.4 is 31.3 Å². The number of halogens is 4. The molecule has 2 fully saturated rings. The lowest BCUT2D eigenvalue weighted by atomic mass is 9.95. The van der Waals surface area contributed by atoms with Crippen molar-refractivity contribution in [1.29, 1.82) is 0 Å². The van der Waals surface area contributed by atoms with Crippen LogP contribution in [0.4, 0.5) is 0 Å². The van der Waals surface area contributed by atoms with Gasteiger partial charge in [0.1, 0.15) is 23.2 Å². The van der Waals surface area contributed by atoms with E-state index in [1.165, 1.54) is 38.2 Å². The predicted molar refractivity (Wildman–Crippen MR) is 527 cm³/mol. The maximum Gasteiger partial charge on any atom is 0.237 e. The van der Waals surface area contributed by atoms with Crippen LogP contribution in [0.5, 0.6) is 5.75 Å². The number of H-pyrrole nitrogens is 4. The molecule has 2 aliphatic rings. The van der Waals surface area contributed by atoms with Crippen LogP contribution in [-0.2, 0) is 98.2 Å². The second-order valence-electron chi connectivity index (χ2n) is 34.2. The highest BCUT2D eigenvalue weighted by molar-refractivity contribution is 6.42. The number of rotatable bonds is 32. The SMILES string of the molecule is COc1ccc(Cn2c(CCc3ccccc3)nnc2[C@@H](Cc2ccc3ccccc3c2)NC(=O)C2CCNCC2)cc1.O=C(Cc1ccccn1)N[C@H](Cc1c[nH]c2ccccc12)c1nnc(CCc2c[nH]c3ccccc23)n1Cc1ccc(Cl)c(Cl)c1.O=C(N[C@H](Cc1c[nH]c2ccccc12)c1nnc(CCc2c[nH]c3ccccc23)n1Cc1ccc(Cl)c(Cl)c1)C1CCCN1. The largest absolute Gasteiger partial charge is 0.497 e. The van der Waals surface area contributed by atoms with Gasteiger partial charge in [-0.1, -0.05) is 222 Å². The molecule has 3 amide bonds. The summed E-state index contributed by atoms with van der Waals surface area (Å²) in [4.78, 5) is 58.5. The summed E-state index contributed by atoms with van der Waals surface area (Å²) in [7, 11) is 1.68. The minimum absolute atomic E-state index is 0.00383. The fraction of sp³-hybridized carbons (Fsp3) is 0.245. The van der Waals surface area contributed by atoms with Crippen molar-refractivity contribution >= 4 is 119 Å². The van der Waals surface area contributed by atoms with Crippen molar-refractivity contribution < 1.29 is 19.1 Å². The lowest BCUT2D eigenvalue weighted by molar-refractivity contribution is -0.126. The summed E-state index contributed by atoms with van der Waals surface area (Å²) in [6, 6.07) is 81.9. The Labute approximate surface area is 790 Å². The lowest BCUT2D eigenvalue weighted by Crippen LogP contribution is -2.43. The number of pyridine rings is 1. The highest BCUT2D eigenvalue weighted by Gasteiger charge is 2.33. The van der Waals surface area contributed by atoms with Crippen molar-refractivity contribution in [2.75, 3.05) is 26.7 Å². The number of aromatic amines is 4. The smallest absolute Gasteiger partial charge is 0.237 e. The van der Waals surface area contributed by atoms with Crippen molar-refractivity contribution in [3.8, 4) is 5.75 Å². The number of nitrogens with zero attached hydrogens (tertiary/aromatic N) is 10. The zero-order valence-corrected chi connectivity index (χ0v) is 76.7. The van der Waals surface area contributed by atoms with Gasteiger partial charge in [-0.3, -0.25) is 19.4 Å². The number of ether oxygens (including phenoxy) is 1. The summed E-state index contributed by atoms with van der Waals surface area (Å²) in [6.45, 7) is 4.13. The molecule has 10 heterocycles. The Morgan fingerprint density at radius 1 is 0.398 bits per heavy atom. The molecule has 4 atom stereocenters. The summed E-state index contributed by atoms with van der Waals surface area (Å²) >= 11 is 25.4. The minimum Gasteiger partial charge on any atom is -0.497 e. The number of nitrogens with one attached hydrogen (secondary N) is 9. The molecule has 27 heteroatoms. The van der Waals surface area contributed by atoms with E-state index < -0.39 is 12.1 Å². The molecule has 674 valence electrons. The molecule has 0 saturated carbocycles. The van der Waals surface area contributed by atoms with Crippen LogP contribution in [0.3, 0.4) is 0 Å². The standard InChI is InChI=1S/C36H31Cl2N7O.C36H39N5O2.C34H33Cl2N7O/c37-29-14-12-23(17-30(29)38)22-45-34(15-13-24-20-40-31-10-3-1-8-27(24)31)43-44-36(45)33(42-35(46)19-26-7-5-6-16-39-26)18-25-21-41-32-11-4-2-9-28(25)32;1-43-32-16-12-27(13-17-32)25-41-34(18-14-26-7-3-2-4-8-26)39-40-35(41)33(38-36(42)30-19-21-37-22-20-30)24-28-11-15-29-9-5-6-10-31(29)23-28;35-26-13-11-21(16-27(26)36)20-43-32(14-12-22-18-38-28-8-3-1-6-24(22)28)41-42-33(43)31(40-34(44)30-10-5-15-37-30)17-23-19-39-29-9-4-2-7-25(23)29/h1-12,14,16-17,20-21,33,40-41H,13,15,18-19,22H2,(H,42,46);2-13,15-17,23,30,33,37H,14,18-22,24-25H2,1H3,(H,38,42);1-4,6-9,11,13,16,18-19,30-31,37-39H,5,10,12,14-15,17,20H2,(H,40,44)/t2*33-;30?,31-/m111/s1. The highest BCUT2D eigenvalue weighted by Crippen LogP contribution is 2.34. The molecule has 0 aliphatic carbocycles. The first-order valence-electron chi connectivity index (χ1n) is 45.4. The molecule has 20 rings (SSSR count). The zero-order chi connectivity index (χ0) is 90.9. The van der Waals surface area contributed by atoms with E-state index >= 15 is 0 Å². The Morgan fingerprint density at radius 2 is 0.850 bits per heavy atom. The number of aryl methyl sites for hydroxylation is 6. The van der Waals surface area contributed by atoms with E-state index in [-0.39, 0.29) is 42.1 Å². The summed E-state index contributed by atoms with van der Waals surface area (Å²) in [6.07, 6.45) is 19.7. The fourth-order valence-corrected chi connectivity index (χ4v) is 18.9. The van der Waals surface area contributed by atoms with E-state index in [4.69, 9.17) is 81.7 Å². The number of amides is 3. The molecule has 9 N–H and O–H groups in total. The van der Waals surface area contributed by atoms with Crippen molar-refractivity contribution in [2.24, 2.45) is 5.92 Å². The third-order valence-electron chi connectivity index (χ3n) is 25.3. The van der Waals surface area contributed by atoms with Crippen LogP contribution >= 0.6 is 46.4 Å². The maximum atomic E-state index is 13.6. The van der Waals surface area contributed by atoms with Gasteiger partial charge in [-0.15, -0.1) is 30.6 Å². The second-order valence-corrected chi connectivity index (χ2v) is 35.8. The molecule has 2 saturated heterocycles. The maximum absolute atomic E-state index is 13.6. The first-order valence-corrected chi connectivity index (χ1v) is 46.9. The molecule has 0 spiro atoms. The molecule has 23 nitrogen and oxygen atoms in total. The Hall–Kier alpha value is -13.5. The number of methoxy groups -OCH3 is 1. The summed E-state index contributed by atoms with van der Waals surface area (Å²) in [5, 5.41) is 54.1. The molecule has 18 aromatic rings. The normalized spacial score (nSPS) is 14.1. The molecule has 133 heavy (non-hydrogen) atoms. The van der Waals surface area contributed by atoms with E-state index in [0.717, 1.165) is 166 Å². The second kappa shape index (κ2) is 42.8. The van der Waals surface area contributed by atoms with Crippen molar-refractivity contribution in [3.05, 3.63) is 391 Å². The van der Waals surface area contributed by atoms with Gasteiger partial charge >= 0.3 is 0 Å². The summed E-state index contributed by atoms with van der Waals surface area (Å²) in [5.41, 5.74) is 15.1. The van der Waals surface area contributed by atoms with E-state index in [1.807, 2.05) is 128 Å². The quantitative estimate of drug-likeness (QED) is 0.0190. The number of fused-ring (bicyclic) bond motifs is 5. The average molecular weight is 1850 g/mol. The number of hydrogen-bond donors (Lipinski definition) is 9. The Kier molecular flexibility index (Phi) is 29.0. The minimum atomic E-state index is -0.465. The van der Waals surface area contributed by atoms with Crippen molar-refractivity contribution in [1.82, 2.24) is 95.8 Å². The monoisotopic (exact) mass is 1850 g/mol. The molecule has 2 aliphatic heterocycles. The van der Waals surface area contributed by atoms with Crippen molar-refractivity contribution in [2.45, 2.75) is 134 Å². The third kappa shape index (κ3) is 22.1. The van der Waals surface area contributed by atoms with E-state index in [0.29, 0.717) is 89.2 Å². The molecule has 0 bridgehead atoms. The van der Waals surface area contributed by atoms with Gasteiger partial charge in [0.15, 0.2) is 17.5 Å². The Morgan fingerprint density at radius 3 is 1.36 bits per heavy atom. The number of hydrogen-bond acceptors (Lipinski definition) is 13.